The van der Waals surface area contributed by atoms with Crippen molar-refractivity contribution in [1.82, 2.24) is 20.4 Å². The fourth-order valence-corrected chi connectivity index (χ4v) is 4.14. The summed E-state index contributed by atoms with van der Waals surface area (Å²) in [6, 6.07) is 7.87. The van der Waals surface area contributed by atoms with Crippen molar-refractivity contribution in [3.05, 3.63) is 30.0 Å². The van der Waals surface area contributed by atoms with Gasteiger partial charge in [0.25, 0.3) is 0 Å². The molecule has 0 spiro atoms. The first-order valence-electron chi connectivity index (χ1n) is 9.70. The Morgan fingerprint density at radius 1 is 1.15 bits per heavy atom. The Kier molecular flexibility index (Phi) is 4.92. The van der Waals surface area contributed by atoms with Crippen molar-refractivity contribution in [2.45, 2.75) is 63.5 Å². The minimum Gasteiger partial charge on any atom is -0.352 e. The molecule has 4 rings (SSSR count). The van der Waals surface area contributed by atoms with Gasteiger partial charge in [0, 0.05) is 17.8 Å². The van der Waals surface area contributed by atoms with Gasteiger partial charge in [-0.2, -0.15) is 5.10 Å². The Labute approximate surface area is 157 Å². The molecule has 142 valence electrons. The molecule has 1 saturated carbocycles. The van der Waals surface area contributed by atoms with E-state index in [0.717, 1.165) is 36.6 Å². The average molecular weight is 368 g/mol. The van der Waals surface area contributed by atoms with E-state index in [4.69, 9.17) is 0 Å². The second-order valence-corrected chi connectivity index (χ2v) is 7.47. The zero-order chi connectivity index (χ0) is 18.8. The van der Waals surface area contributed by atoms with Crippen molar-refractivity contribution < 1.29 is 14.4 Å². The van der Waals surface area contributed by atoms with Crippen LogP contribution in [0.4, 0.5) is 0 Å². The van der Waals surface area contributed by atoms with E-state index in [0.29, 0.717) is 18.5 Å². The maximum absolute atomic E-state index is 12.5. The number of carbonyl (C=O) groups is 3. The summed E-state index contributed by atoms with van der Waals surface area (Å²) in [6.45, 7) is 0.129. The summed E-state index contributed by atoms with van der Waals surface area (Å²) in [4.78, 5) is 36.2. The van der Waals surface area contributed by atoms with Gasteiger partial charge in [-0.05, 0) is 25.3 Å². The number of piperidine rings is 1. The molecule has 1 aliphatic heterocycles. The molecule has 1 aromatic carbocycles. The van der Waals surface area contributed by atoms with Gasteiger partial charge >= 0.3 is 0 Å². The maximum Gasteiger partial charge on any atom is 0.241 e. The molecule has 1 aliphatic carbocycles. The molecular formula is C20H24N4O3. The first kappa shape index (κ1) is 17.7. The zero-order valence-corrected chi connectivity index (χ0v) is 15.2. The second kappa shape index (κ2) is 7.50. The lowest BCUT2D eigenvalue weighted by molar-refractivity contribution is -0.134. The van der Waals surface area contributed by atoms with E-state index in [2.05, 4.69) is 15.7 Å². The van der Waals surface area contributed by atoms with E-state index >= 15 is 0 Å². The molecule has 7 nitrogen and oxygen atoms in total. The van der Waals surface area contributed by atoms with Crippen LogP contribution in [0, 0.1) is 0 Å². The lowest BCUT2D eigenvalue weighted by Gasteiger charge is -2.22. The van der Waals surface area contributed by atoms with E-state index in [9.17, 15) is 14.4 Å². The summed E-state index contributed by atoms with van der Waals surface area (Å²) in [5.74, 6) is -1.07. The van der Waals surface area contributed by atoms with Crippen LogP contribution in [-0.2, 0) is 20.9 Å². The number of rotatable bonds is 4. The van der Waals surface area contributed by atoms with Crippen LogP contribution in [0.5, 0.6) is 0 Å². The summed E-state index contributed by atoms with van der Waals surface area (Å²) in [6.07, 6.45) is 6.38. The third-order valence-corrected chi connectivity index (χ3v) is 5.52. The fourth-order valence-electron chi connectivity index (χ4n) is 4.14. The highest BCUT2D eigenvalue weighted by Crippen LogP contribution is 2.30. The van der Waals surface area contributed by atoms with Crippen molar-refractivity contribution in [1.29, 1.82) is 0 Å². The van der Waals surface area contributed by atoms with Crippen molar-refractivity contribution in [2.75, 3.05) is 0 Å². The smallest absolute Gasteiger partial charge is 0.241 e. The minimum absolute atomic E-state index is 0.0509. The SMILES string of the molecule is O=C1CCC(c2nn(CC(=O)NC3CCCCC3)c3ccccc23)C(=O)N1. The normalized spacial score (nSPS) is 21.3. The Hall–Kier alpha value is -2.70. The standard InChI is InChI=1S/C20H24N4O3/c25-17-11-10-15(20(27)22-17)19-14-8-4-5-9-16(14)24(23-19)12-18(26)21-13-6-2-1-3-7-13/h4-5,8-9,13,15H,1-3,6-7,10-12H2,(H,21,26)(H,22,25,27). The van der Waals surface area contributed by atoms with Gasteiger partial charge in [-0.15, -0.1) is 0 Å². The molecule has 2 aliphatic rings. The lowest BCUT2D eigenvalue weighted by Crippen LogP contribution is -2.40. The zero-order valence-electron chi connectivity index (χ0n) is 15.2. The topological polar surface area (TPSA) is 93.1 Å². The highest BCUT2D eigenvalue weighted by molar-refractivity contribution is 6.02. The Morgan fingerprint density at radius 3 is 2.70 bits per heavy atom. The monoisotopic (exact) mass is 368 g/mol. The number of carbonyl (C=O) groups excluding carboxylic acids is 3. The predicted molar refractivity (Wildman–Crippen MR) is 99.9 cm³/mol. The molecule has 1 atom stereocenters. The minimum atomic E-state index is -0.463. The van der Waals surface area contributed by atoms with Crippen molar-refractivity contribution >= 4 is 28.6 Å². The van der Waals surface area contributed by atoms with Crippen molar-refractivity contribution in [2.24, 2.45) is 0 Å². The van der Waals surface area contributed by atoms with Crippen LogP contribution >= 0.6 is 0 Å². The van der Waals surface area contributed by atoms with Crippen LogP contribution in [0.15, 0.2) is 24.3 Å². The van der Waals surface area contributed by atoms with Crippen molar-refractivity contribution in [3.63, 3.8) is 0 Å². The first-order chi connectivity index (χ1) is 13.1. The fraction of sp³-hybridized carbons (Fsp3) is 0.500. The van der Waals surface area contributed by atoms with Crippen LogP contribution in [0.1, 0.15) is 56.6 Å². The molecule has 1 aromatic heterocycles. The number of hydrogen-bond acceptors (Lipinski definition) is 4. The number of nitrogens with one attached hydrogen (secondary N) is 2. The molecule has 2 aromatic rings. The number of imide groups is 1. The van der Waals surface area contributed by atoms with E-state index in [-0.39, 0.29) is 30.3 Å². The summed E-state index contributed by atoms with van der Waals surface area (Å²) < 4.78 is 1.67. The van der Waals surface area contributed by atoms with Crippen LogP contribution in [0.2, 0.25) is 0 Å². The van der Waals surface area contributed by atoms with E-state index < -0.39 is 5.92 Å². The number of fused-ring (bicyclic) bond motifs is 1. The molecule has 2 N–H and O–H groups in total. The first-order valence-corrected chi connectivity index (χ1v) is 9.70. The van der Waals surface area contributed by atoms with Gasteiger partial charge < -0.3 is 5.32 Å². The number of amides is 3. The van der Waals surface area contributed by atoms with E-state index in [1.54, 1.807) is 4.68 Å². The number of aromatic nitrogens is 2. The Morgan fingerprint density at radius 2 is 1.93 bits per heavy atom. The molecule has 27 heavy (non-hydrogen) atoms. The highest BCUT2D eigenvalue weighted by atomic mass is 16.2. The third-order valence-electron chi connectivity index (χ3n) is 5.52. The van der Waals surface area contributed by atoms with E-state index in [1.807, 2.05) is 24.3 Å². The van der Waals surface area contributed by atoms with Gasteiger partial charge in [0.15, 0.2) is 0 Å². The summed E-state index contributed by atoms with van der Waals surface area (Å²) >= 11 is 0. The van der Waals surface area contributed by atoms with Gasteiger partial charge in [-0.25, -0.2) is 0 Å². The molecule has 0 bridgehead atoms. The van der Waals surface area contributed by atoms with Crippen molar-refractivity contribution in [3.8, 4) is 0 Å². The van der Waals surface area contributed by atoms with Crippen LogP contribution < -0.4 is 10.6 Å². The highest BCUT2D eigenvalue weighted by Gasteiger charge is 2.32. The Bertz CT molecular complexity index is 882. The van der Waals surface area contributed by atoms with Gasteiger partial charge in [0.1, 0.15) is 6.54 Å². The molecule has 3 amide bonds. The van der Waals surface area contributed by atoms with Crippen LogP contribution in [0.25, 0.3) is 10.9 Å². The van der Waals surface area contributed by atoms with Gasteiger partial charge in [-0.1, -0.05) is 37.5 Å². The number of nitrogens with zero attached hydrogens (tertiary/aromatic N) is 2. The summed E-state index contributed by atoms with van der Waals surface area (Å²) in [5, 5.41) is 11.0. The second-order valence-electron chi connectivity index (χ2n) is 7.47. The number of hydrogen-bond donors (Lipinski definition) is 2. The summed E-state index contributed by atoms with van der Waals surface area (Å²) in [5.41, 5.74) is 1.47. The Balaban J connectivity index is 1.57. The predicted octanol–water partition coefficient (Wildman–Crippen LogP) is 2.01. The molecular weight excluding hydrogens is 344 g/mol. The molecule has 7 heteroatoms. The molecule has 1 unspecified atom stereocenters. The third kappa shape index (κ3) is 3.72. The number of benzene rings is 1. The molecule has 2 fully saturated rings. The average Bonchev–Trinajstić information content (AvgIpc) is 3.01. The van der Waals surface area contributed by atoms with Crippen LogP contribution in [0.3, 0.4) is 0 Å². The number of para-hydroxylation sites is 1. The maximum atomic E-state index is 12.5. The largest absolute Gasteiger partial charge is 0.352 e. The summed E-state index contributed by atoms with van der Waals surface area (Å²) in [7, 11) is 0. The van der Waals surface area contributed by atoms with Gasteiger partial charge in [0.05, 0.1) is 17.1 Å². The van der Waals surface area contributed by atoms with Crippen LogP contribution in [-0.4, -0.2) is 33.5 Å². The molecule has 2 heterocycles. The molecule has 0 radical (unpaired) electrons. The van der Waals surface area contributed by atoms with E-state index in [1.165, 1.54) is 6.42 Å². The quantitative estimate of drug-likeness (QED) is 0.808. The van der Waals surface area contributed by atoms with Gasteiger partial charge in [0.2, 0.25) is 17.7 Å². The molecule has 1 saturated heterocycles. The lowest BCUT2D eigenvalue weighted by atomic mass is 9.93. The van der Waals surface area contributed by atoms with Gasteiger partial charge in [-0.3, -0.25) is 24.4 Å².